The van der Waals surface area contributed by atoms with Crippen molar-refractivity contribution in [2.45, 2.75) is 40.2 Å². The molecule has 12 heavy (non-hydrogen) atoms. The molecular formula is C8H18O3S. The van der Waals surface area contributed by atoms with Crippen molar-refractivity contribution in [3.63, 3.8) is 0 Å². The van der Waals surface area contributed by atoms with E-state index in [-0.39, 0.29) is 11.7 Å². The fraction of sp³-hybridized carbons (Fsp3) is 1.00. The van der Waals surface area contributed by atoms with Crippen LogP contribution in [0.1, 0.15) is 34.6 Å². The summed E-state index contributed by atoms with van der Waals surface area (Å²) in [4.78, 5) is 0. The van der Waals surface area contributed by atoms with Crippen molar-refractivity contribution in [2.24, 2.45) is 5.92 Å². The summed E-state index contributed by atoms with van der Waals surface area (Å²) < 4.78 is 27.4. The topological polar surface area (TPSA) is 43.4 Å². The summed E-state index contributed by atoms with van der Waals surface area (Å²) in [7, 11) is -3.34. The highest BCUT2D eigenvalue weighted by Crippen LogP contribution is 2.13. The van der Waals surface area contributed by atoms with Gasteiger partial charge in [-0.25, -0.2) is 0 Å². The molecule has 0 radical (unpaired) electrons. The normalized spacial score (nSPS) is 13.8. The van der Waals surface area contributed by atoms with Crippen LogP contribution in [0.3, 0.4) is 0 Å². The first-order valence-corrected chi connectivity index (χ1v) is 5.63. The number of hydrogen-bond acceptors (Lipinski definition) is 3. The third-order valence-electron chi connectivity index (χ3n) is 0.914. The second-order valence-corrected chi connectivity index (χ2v) is 5.93. The van der Waals surface area contributed by atoms with Crippen LogP contribution in [0, 0.1) is 5.92 Å². The molecule has 0 amide bonds. The van der Waals surface area contributed by atoms with E-state index in [0.29, 0.717) is 0 Å². The Labute approximate surface area is 75.2 Å². The van der Waals surface area contributed by atoms with Crippen molar-refractivity contribution in [3.05, 3.63) is 0 Å². The van der Waals surface area contributed by atoms with E-state index in [4.69, 9.17) is 4.18 Å². The second kappa shape index (κ2) is 3.75. The Kier molecular flexibility index (Phi) is 3.72. The molecule has 0 aromatic carbocycles. The minimum atomic E-state index is -3.34. The molecule has 0 fully saturated rings. The highest BCUT2D eigenvalue weighted by atomic mass is 32.2. The molecule has 0 bridgehead atoms. The zero-order valence-electron chi connectivity index (χ0n) is 8.42. The summed E-state index contributed by atoms with van der Waals surface area (Å²) in [6.45, 7) is 8.88. The highest BCUT2D eigenvalue weighted by molar-refractivity contribution is 7.86. The molecule has 0 aliphatic rings. The molecule has 0 aromatic heterocycles. The Bertz CT molecular complexity index is 221. The van der Waals surface area contributed by atoms with Gasteiger partial charge in [0.15, 0.2) is 0 Å². The van der Waals surface area contributed by atoms with Gasteiger partial charge in [-0.05, 0) is 26.7 Å². The van der Waals surface area contributed by atoms with Crippen LogP contribution >= 0.6 is 0 Å². The zero-order chi connectivity index (χ0) is 9.99. The van der Waals surface area contributed by atoms with Crippen LogP contribution in [0.2, 0.25) is 0 Å². The van der Waals surface area contributed by atoms with E-state index in [2.05, 4.69) is 0 Å². The Morgan fingerprint density at radius 2 is 1.67 bits per heavy atom. The lowest BCUT2D eigenvalue weighted by Crippen LogP contribution is -2.27. The van der Waals surface area contributed by atoms with Crippen molar-refractivity contribution in [3.8, 4) is 0 Å². The summed E-state index contributed by atoms with van der Waals surface area (Å²) in [5, 5.41) is 0. The third kappa shape index (κ3) is 6.61. The molecule has 4 heteroatoms. The van der Waals surface area contributed by atoms with Gasteiger partial charge in [0.25, 0.3) is 10.1 Å². The molecule has 0 aromatic rings. The SMILES string of the molecule is CC(C)CS(=O)(=O)OC(C)(C)C. The average molecular weight is 194 g/mol. The standard InChI is InChI=1S/C8H18O3S/c1-7(2)6-12(9,10)11-8(3,4)5/h7H,6H2,1-5H3. The lowest BCUT2D eigenvalue weighted by molar-refractivity contribution is 0.139. The van der Waals surface area contributed by atoms with E-state index in [9.17, 15) is 8.42 Å². The Morgan fingerprint density at radius 1 is 1.25 bits per heavy atom. The van der Waals surface area contributed by atoms with Gasteiger partial charge in [-0.2, -0.15) is 8.42 Å². The first kappa shape index (κ1) is 11.9. The van der Waals surface area contributed by atoms with Gasteiger partial charge in [-0.15, -0.1) is 0 Å². The Balaban J connectivity index is 4.26. The summed E-state index contributed by atoms with van der Waals surface area (Å²) in [5.41, 5.74) is -0.617. The van der Waals surface area contributed by atoms with Crippen molar-refractivity contribution in [1.82, 2.24) is 0 Å². The lowest BCUT2D eigenvalue weighted by Gasteiger charge is -2.19. The van der Waals surface area contributed by atoms with Crippen molar-refractivity contribution < 1.29 is 12.6 Å². The van der Waals surface area contributed by atoms with Gasteiger partial charge in [0.05, 0.1) is 11.4 Å². The van der Waals surface area contributed by atoms with Crippen LogP contribution in [0.15, 0.2) is 0 Å². The van der Waals surface area contributed by atoms with Crippen LogP contribution < -0.4 is 0 Å². The lowest BCUT2D eigenvalue weighted by atomic mass is 10.2. The van der Waals surface area contributed by atoms with E-state index >= 15 is 0 Å². The summed E-state index contributed by atoms with van der Waals surface area (Å²) in [6, 6.07) is 0. The minimum absolute atomic E-state index is 0.0876. The van der Waals surface area contributed by atoms with E-state index in [1.54, 1.807) is 20.8 Å². The van der Waals surface area contributed by atoms with Gasteiger partial charge in [0, 0.05) is 0 Å². The zero-order valence-corrected chi connectivity index (χ0v) is 9.23. The van der Waals surface area contributed by atoms with Crippen LogP contribution in [0.25, 0.3) is 0 Å². The summed E-state index contributed by atoms with van der Waals surface area (Å²) in [6.07, 6.45) is 0. The highest BCUT2D eigenvalue weighted by Gasteiger charge is 2.22. The van der Waals surface area contributed by atoms with Gasteiger partial charge in [0.1, 0.15) is 0 Å². The molecule has 0 aliphatic carbocycles. The van der Waals surface area contributed by atoms with Gasteiger partial charge < -0.3 is 0 Å². The van der Waals surface area contributed by atoms with E-state index in [1.807, 2.05) is 13.8 Å². The largest absolute Gasteiger partial charge is 0.268 e. The molecule has 0 aliphatic heterocycles. The Hall–Kier alpha value is -0.0900. The molecule has 74 valence electrons. The predicted octanol–water partition coefficient (Wildman–Crippen LogP) is 1.79. The number of rotatable bonds is 3. The minimum Gasteiger partial charge on any atom is -0.264 e. The maximum absolute atomic E-state index is 11.2. The quantitative estimate of drug-likeness (QED) is 0.643. The fourth-order valence-electron chi connectivity index (χ4n) is 0.823. The van der Waals surface area contributed by atoms with Gasteiger partial charge in [-0.1, -0.05) is 13.8 Å². The maximum Gasteiger partial charge on any atom is 0.268 e. The predicted molar refractivity (Wildman–Crippen MR) is 49.5 cm³/mol. The summed E-state index contributed by atoms with van der Waals surface area (Å²) in [5.74, 6) is 0.196. The Morgan fingerprint density at radius 3 is 1.92 bits per heavy atom. The maximum atomic E-state index is 11.2. The second-order valence-electron chi connectivity index (χ2n) is 4.31. The molecule has 0 saturated heterocycles. The van der Waals surface area contributed by atoms with E-state index < -0.39 is 15.7 Å². The van der Waals surface area contributed by atoms with Crippen molar-refractivity contribution in [1.29, 1.82) is 0 Å². The van der Waals surface area contributed by atoms with Crippen molar-refractivity contribution >= 4 is 10.1 Å². The van der Waals surface area contributed by atoms with Crippen LogP contribution in [0.4, 0.5) is 0 Å². The molecule has 0 N–H and O–H groups in total. The average Bonchev–Trinajstić information content (AvgIpc) is 1.48. The molecular weight excluding hydrogens is 176 g/mol. The van der Waals surface area contributed by atoms with Crippen molar-refractivity contribution in [2.75, 3.05) is 5.75 Å². The third-order valence-corrected chi connectivity index (χ3v) is 2.74. The van der Waals surface area contributed by atoms with Gasteiger partial charge in [-0.3, -0.25) is 4.18 Å². The smallest absolute Gasteiger partial charge is 0.264 e. The molecule has 0 unspecified atom stereocenters. The van der Waals surface area contributed by atoms with Gasteiger partial charge >= 0.3 is 0 Å². The summed E-state index contributed by atoms with van der Waals surface area (Å²) >= 11 is 0. The van der Waals surface area contributed by atoms with E-state index in [0.717, 1.165) is 0 Å². The van der Waals surface area contributed by atoms with E-state index in [1.165, 1.54) is 0 Å². The number of hydrogen-bond donors (Lipinski definition) is 0. The molecule has 3 nitrogen and oxygen atoms in total. The van der Waals surface area contributed by atoms with Crippen LogP contribution in [0.5, 0.6) is 0 Å². The molecule has 0 heterocycles. The fourth-order valence-corrected chi connectivity index (χ4v) is 2.47. The molecule has 0 saturated carbocycles. The molecule has 0 spiro atoms. The van der Waals surface area contributed by atoms with Crippen LogP contribution in [-0.2, 0) is 14.3 Å². The van der Waals surface area contributed by atoms with Crippen LogP contribution in [-0.4, -0.2) is 19.8 Å². The first-order valence-electron chi connectivity index (χ1n) is 4.06. The molecule has 0 rings (SSSR count). The monoisotopic (exact) mass is 194 g/mol. The first-order chi connectivity index (χ1) is 5.12. The van der Waals surface area contributed by atoms with Gasteiger partial charge in [0.2, 0.25) is 0 Å². The molecule has 0 atom stereocenters.